The first-order valence-corrected chi connectivity index (χ1v) is 8.93. The molecule has 0 spiro atoms. The minimum Gasteiger partial charge on any atom is -0.370 e. The van der Waals surface area contributed by atoms with Gasteiger partial charge in [-0.05, 0) is 18.6 Å². The van der Waals surface area contributed by atoms with Gasteiger partial charge in [0.15, 0.2) is 0 Å². The highest BCUT2D eigenvalue weighted by molar-refractivity contribution is 6.35. The van der Waals surface area contributed by atoms with Gasteiger partial charge in [0.05, 0.1) is 46.9 Å². The van der Waals surface area contributed by atoms with Gasteiger partial charge in [-0.3, -0.25) is 4.90 Å². The summed E-state index contributed by atoms with van der Waals surface area (Å²) in [5.41, 5.74) is 2.96. The quantitative estimate of drug-likeness (QED) is 0.707. The van der Waals surface area contributed by atoms with Gasteiger partial charge in [0.2, 0.25) is 0 Å². The molecule has 0 N–H and O–H groups in total. The molecule has 5 rings (SSSR count). The predicted octanol–water partition coefficient (Wildman–Crippen LogP) is 2.83. The van der Waals surface area contributed by atoms with Crippen LogP contribution in [0.25, 0.3) is 10.9 Å². The summed E-state index contributed by atoms with van der Waals surface area (Å²) in [6.45, 7) is 3.30. The molecule has 2 aliphatic heterocycles. The van der Waals surface area contributed by atoms with E-state index in [1.54, 1.807) is 6.20 Å². The summed E-state index contributed by atoms with van der Waals surface area (Å²) in [5.74, 6) is 0. The van der Waals surface area contributed by atoms with Gasteiger partial charge in [-0.1, -0.05) is 35.0 Å². The van der Waals surface area contributed by atoms with Crippen LogP contribution in [0.15, 0.2) is 36.5 Å². The van der Waals surface area contributed by atoms with Crippen molar-refractivity contribution in [1.29, 1.82) is 0 Å². The molecule has 25 heavy (non-hydrogen) atoms. The van der Waals surface area contributed by atoms with Gasteiger partial charge in [-0.2, -0.15) is 0 Å². The normalized spacial score (nSPS) is 23.4. The Balaban J connectivity index is 1.38. The van der Waals surface area contributed by atoms with Crippen LogP contribution in [0.4, 0.5) is 0 Å². The van der Waals surface area contributed by atoms with Crippen molar-refractivity contribution in [1.82, 2.24) is 24.9 Å². The average Bonchev–Trinajstić information content (AvgIpc) is 3.12. The lowest BCUT2D eigenvalue weighted by Crippen LogP contribution is -2.47. The van der Waals surface area contributed by atoms with E-state index in [2.05, 4.69) is 27.3 Å². The second-order valence-electron chi connectivity index (χ2n) is 6.72. The lowest BCUT2D eigenvalue weighted by Gasteiger charge is -2.40. The van der Waals surface area contributed by atoms with Crippen LogP contribution in [0, 0.1) is 0 Å². The molecule has 0 unspecified atom stereocenters. The Morgan fingerprint density at radius 2 is 2.20 bits per heavy atom. The van der Waals surface area contributed by atoms with Crippen molar-refractivity contribution >= 4 is 22.5 Å². The van der Waals surface area contributed by atoms with Crippen molar-refractivity contribution < 1.29 is 4.74 Å². The Morgan fingerprint density at radius 1 is 1.24 bits per heavy atom. The molecule has 1 saturated heterocycles. The monoisotopic (exact) mass is 355 g/mol. The summed E-state index contributed by atoms with van der Waals surface area (Å²) >= 11 is 6.30. The maximum atomic E-state index is 6.30. The number of fused-ring (bicyclic) bond motifs is 4. The number of aromatic nitrogens is 4. The Labute approximate surface area is 150 Å². The fraction of sp³-hybridized carbons (Fsp3) is 0.389. The fourth-order valence-electron chi connectivity index (χ4n) is 3.86. The average molecular weight is 356 g/mol. The summed E-state index contributed by atoms with van der Waals surface area (Å²) in [6, 6.07) is 10.3. The third kappa shape index (κ3) is 2.70. The lowest BCUT2D eigenvalue weighted by molar-refractivity contribution is -0.0671. The molecule has 1 fully saturated rings. The van der Waals surface area contributed by atoms with Crippen molar-refractivity contribution in [3.8, 4) is 0 Å². The Bertz CT molecular complexity index is 927. The van der Waals surface area contributed by atoms with E-state index < -0.39 is 0 Å². The summed E-state index contributed by atoms with van der Waals surface area (Å²) in [5, 5.41) is 10.1. The van der Waals surface area contributed by atoms with E-state index >= 15 is 0 Å². The number of pyridine rings is 1. The standard InChI is InChI=1S/C18H18ClN5O/c19-15-3-1-2-12-4-5-13(21-18(12)15)9-23-7-6-17-16(10-23)24-14(11-25-17)8-20-22-24/h1-5,8,16-17H,6-7,9-11H2/t16-,17+/m0/s1. The van der Waals surface area contributed by atoms with Crippen LogP contribution >= 0.6 is 11.6 Å². The molecule has 4 heterocycles. The second kappa shape index (κ2) is 6.05. The number of likely N-dealkylation sites (tertiary alicyclic amines) is 1. The van der Waals surface area contributed by atoms with Gasteiger partial charge < -0.3 is 4.74 Å². The molecule has 0 amide bonds. The predicted molar refractivity (Wildman–Crippen MR) is 94.3 cm³/mol. The first-order chi connectivity index (χ1) is 12.3. The molecule has 6 nitrogen and oxygen atoms in total. The number of hydrogen-bond acceptors (Lipinski definition) is 5. The maximum absolute atomic E-state index is 6.30. The molecule has 3 aromatic rings. The largest absolute Gasteiger partial charge is 0.370 e. The molecule has 7 heteroatoms. The highest BCUT2D eigenvalue weighted by atomic mass is 35.5. The number of hydrogen-bond donors (Lipinski definition) is 0. The summed E-state index contributed by atoms with van der Waals surface area (Å²) in [4.78, 5) is 7.18. The SMILES string of the molecule is Clc1cccc2ccc(CN3CC[C@H]4OCc5cnnn5[C@H]4C3)nc12. The van der Waals surface area contributed by atoms with E-state index in [1.165, 1.54) is 0 Å². The maximum Gasteiger partial charge on any atom is 0.0930 e. The molecule has 0 saturated carbocycles. The van der Waals surface area contributed by atoms with Crippen molar-refractivity contribution in [2.75, 3.05) is 13.1 Å². The summed E-state index contributed by atoms with van der Waals surface area (Å²) < 4.78 is 8.01. The van der Waals surface area contributed by atoms with Gasteiger partial charge in [0, 0.05) is 25.0 Å². The number of benzene rings is 1. The number of nitrogens with zero attached hydrogens (tertiary/aromatic N) is 5. The molecule has 2 atom stereocenters. The number of halogens is 1. The van der Waals surface area contributed by atoms with Crippen molar-refractivity contribution in [3.05, 3.63) is 52.9 Å². The van der Waals surface area contributed by atoms with Crippen LogP contribution in [0.2, 0.25) is 5.02 Å². The number of ether oxygens (including phenoxy) is 1. The minimum absolute atomic E-state index is 0.226. The molecule has 2 aliphatic rings. The molecule has 2 aromatic heterocycles. The number of rotatable bonds is 2. The molecule has 1 aromatic carbocycles. The van der Waals surface area contributed by atoms with Crippen molar-refractivity contribution in [2.24, 2.45) is 0 Å². The zero-order chi connectivity index (χ0) is 16.8. The van der Waals surface area contributed by atoms with Gasteiger partial charge >= 0.3 is 0 Å². The molecule has 0 bridgehead atoms. The van der Waals surface area contributed by atoms with Crippen LogP contribution in [0.3, 0.4) is 0 Å². The second-order valence-corrected chi connectivity index (χ2v) is 7.13. The molecule has 0 radical (unpaired) electrons. The van der Waals surface area contributed by atoms with Crippen molar-refractivity contribution in [3.63, 3.8) is 0 Å². The van der Waals surface area contributed by atoms with Crippen LogP contribution in [0.5, 0.6) is 0 Å². The minimum atomic E-state index is 0.226. The smallest absolute Gasteiger partial charge is 0.0930 e. The van der Waals surface area contributed by atoms with E-state index in [1.807, 2.05) is 22.9 Å². The van der Waals surface area contributed by atoms with E-state index in [-0.39, 0.29) is 12.1 Å². The fourth-order valence-corrected chi connectivity index (χ4v) is 4.08. The number of para-hydroxylation sites is 1. The molecular weight excluding hydrogens is 338 g/mol. The van der Waals surface area contributed by atoms with Crippen LogP contribution in [0.1, 0.15) is 23.9 Å². The lowest BCUT2D eigenvalue weighted by atomic mass is 10.00. The van der Waals surface area contributed by atoms with E-state index in [0.29, 0.717) is 11.6 Å². The van der Waals surface area contributed by atoms with E-state index in [9.17, 15) is 0 Å². The zero-order valence-corrected chi connectivity index (χ0v) is 14.4. The van der Waals surface area contributed by atoms with Gasteiger partial charge in [-0.25, -0.2) is 9.67 Å². The Morgan fingerprint density at radius 3 is 3.16 bits per heavy atom. The highest BCUT2D eigenvalue weighted by Crippen LogP contribution is 2.30. The molecule has 128 valence electrons. The molecule has 0 aliphatic carbocycles. The Hall–Kier alpha value is -2.02. The van der Waals surface area contributed by atoms with Crippen LogP contribution in [-0.4, -0.2) is 44.1 Å². The van der Waals surface area contributed by atoms with E-state index in [0.717, 1.165) is 48.3 Å². The van der Waals surface area contributed by atoms with Crippen LogP contribution < -0.4 is 0 Å². The molecular formula is C18H18ClN5O. The van der Waals surface area contributed by atoms with Gasteiger partial charge in [0.1, 0.15) is 0 Å². The summed E-state index contributed by atoms with van der Waals surface area (Å²) in [7, 11) is 0. The zero-order valence-electron chi connectivity index (χ0n) is 13.7. The first-order valence-electron chi connectivity index (χ1n) is 8.55. The van der Waals surface area contributed by atoms with Gasteiger partial charge in [0.25, 0.3) is 0 Å². The third-order valence-corrected chi connectivity index (χ3v) is 5.43. The Kier molecular flexibility index (Phi) is 3.69. The van der Waals surface area contributed by atoms with E-state index in [4.69, 9.17) is 21.3 Å². The first kappa shape index (κ1) is 15.3. The van der Waals surface area contributed by atoms with Crippen LogP contribution in [-0.2, 0) is 17.9 Å². The summed E-state index contributed by atoms with van der Waals surface area (Å²) in [6.07, 6.45) is 3.02. The van der Waals surface area contributed by atoms with Crippen molar-refractivity contribution in [2.45, 2.75) is 31.7 Å². The third-order valence-electron chi connectivity index (χ3n) is 5.13. The topological polar surface area (TPSA) is 56.1 Å². The van der Waals surface area contributed by atoms with Gasteiger partial charge in [-0.15, -0.1) is 5.10 Å². The number of piperidine rings is 1. The highest BCUT2D eigenvalue weighted by Gasteiger charge is 2.36.